The van der Waals surface area contributed by atoms with E-state index >= 15 is 0 Å². The molecule has 7 heteroatoms. The zero-order valence-corrected chi connectivity index (χ0v) is 15.5. The highest BCUT2D eigenvalue weighted by atomic mass is 16.5. The molecule has 7 nitrogen and oxygen atoms in total. The SMILES string of the molecule is COc1ccc(C2CC(c3nc(-c4ccc(C)cc4)no3)NN2)c(OC)c1. The molecular formula is C20H22N4O3. The summed E-state index contributed by atoms with van der Waals surface area (Å²) in [5, 5.41) is 4.12. The number of ether oxygens (including phenoxy) is 2. The number of hydrazine groups is 1. The molecule has 4 rings (SSSR count). The lowest BCUT2D eigenvalue weighted by Crippen LogP contribution is -2.27. The molecule has 0 amide bonds. The van der Waals surface area contributed by atoms with Gasteiger partial charge in [-0.15, -0.1) is 0 Å². The van der Waals surface area contributed by atoms with Gasteiger partial charge in [0.25, 0.3) is 0 Å². The van der Waals surface area contributed by atoms with Crippen molar-refractivity contribution in [1.82, 2.24) is 21.0 Å². The third-order valence-electron chi connectivity index (χ3n) is 4.77. The third-order valence-corrected chi connectivity index (χ3v) is 4.77. The molecule has 2 atom stereocenters. The summed E-state index contributed by atoms with van der Waals surface area (Å²) >= 11 is 0. The summed E-state index contributed by atoms with van der Waals surface area (Å²) in [6.07, 6.45) is 0.762. The van der Waals surface area contributed by atoms with Gasteiger partial charge in [-0.25, -0.2) is 10.9 Å². The molecule has 1 aromatic heterocycles. The van der Waals surface area contributed by atoms with E-state index in [0.29, 0.717) is 11.7 Å². The predicted molar refractivity (Wildman–Crippen MR) is 100 cm³/mol. The number of methoxy groups -OCH3 is 2. The first-order valence-electron chi connectivity index (χ1n) is 8.81. The fourth-order valence-electron chi connectivity index (χ4n) is 3.22. The minimum atomic E-state index is -0.0755. The third kappa shape index (κ3) is 3.51. The Morgan fingerprint density at radius 3 is 2.52 bits per heavy atom. The second kappa shape index (κ2) is 7.38. The van der Waals surface area contributed by atoms with E-state index in [1.165, 1.54) is 5.56 Å². The van der Waals surface area contributed by atoms with Crippen molar-refractivity contribution in [3.63, 3.8) is 0 Å². The number of benzene rings is 2. The quantitative estimate of drug-likeness (QED) is 0.717. The summed E-state index contributed by atoms with van der Waals surface area (Å²) in [4.78, 5) is 4.56. The van der Waals surface area contributed by atoms with Crippen molar-refractivity contribution in [3.05, 3.63) is 59.5 Å². The summed E-state index contributed by atoms with van der Waals surface area (Å²) in [7, 11) is 3.30. The highest BCUT2D eigenvalue weighted by Gasteiger charge is 2.32. The van der Waals surface area contributed by atoms with E-state index in [9.17, 15) is 0 Å². The molecule has 0 aliphatic carbocycles. The maximum absolute atomic E-state index is 5.51. The van der Waals surface area contributed by atoms with Crippen LogP contribution in [0.4, 0.5) is 0 Å². The van der Waals surface area contributed by atoms with Gasteiger partial charge >= 0.3 is 0 Å². The van der Waals surface area contributed by atoms with Crippen molar-refractivity contribution < 1.29 is 14.0 Å². The molecule has 140 valence electrons. The minimum absolute atomic E-state index is 0.0607. The molecule has 2 unspecified atom stereocenters. The Morgan fingerprint density at radius 1 is 1.00 bits per heavy atom. The molecule has 1 aliphatic heterocycles. The normalized spacial score (nSPS) is 19.2. The molecule has 2 heterocycles. The van der Waals surface area contributed by atoms with Gasteiger partial charge in [0.2, 0.25) is 11.7 Å². The molecular weight excluding hydrogens is 344 g/mol. The van der Waals surface area contributed by atoms with Crippen molar-refractivity contribution >= 4 is 0 Å². The first-order chi connectivity index (χ1) is 13.2. The van der Waals surface area contributed by atoms with Crippen LogP contribution in [0.1, 0.15) is 35.5 Å². The van der Waals surface area contributed by atoms with Crippen LogP contribution >= 0.6 is 0 Å². The molecule has 1 fully saturated rings. The molecule has 0 saturated carbocycles. The summed E-state index contributed by atoms with van der Waals surface area (Å²) in [5.74, 6) is 2.70. The Hall–Kier alpha value is -2.90. The van der Waals surface area contributed by atoms with Gasteiger partial charge in [0.15, 0.2) is 0 Å². The van der Waals surface area contributed by atoms with Crippen molar-refractivity contribution in [2.45, 2.75) is 25.4 Å². The second-order valence-electron chi connectivity index (χ2n) is 6.56. The molecule has 2 N–H and O–H groups in total. The van der Waals surface area contributed by atoms with Gasteiger partial charge < -0.3 is 14.0 Å². The average Bonchev–Trinajstić information content (AvgIpc) is 3.37. The van der Waals surface area contributed by atoms with Gasteiger partial charge in [-0.3, -0.25) is 0 Å². The van der Waals surface area contributed by atoms with Crippen LogP contribution in [-0.4, -0.2) is 24.4 Å². The Balaban J connectivity index is 1.51. The molecule has 2 aromatic carbocycles. The molecule has 0 spiro atoms. The zero-order valence-electron chi connectivity index (χ0n) is 15.5. The highest BCUT2D eigenvalue weighted by Crippen LogP contribution is 2.36. The standard InChI is InChI=1S/C20H22N4O3/c1-12-4-6-13(7-5-12)19-21-20(27-24-19)17-11-16(22-23-17)15-9-8-14(25-2)10-18(15)26-3/h4-10,16-17,22-23H,11H2,1-3H3. The van der Waals surface area contributed by atoms with Crippen molar-refractivity contribution in [1.29, 1.82) is 0 Å². The Kier molecular flexibility index (Phi) is 4.79. The molecule has 0 bridgehead atoms. The fourth-order valence-corrected chi connectivity index (χ4v) is 3.22. The highest BCUT2D eigenvalue weighted by molar-refractivity contribution is 5.54. The lowest BCUT2D eigenvalue weighted by molar-refractivity contribution is 0.340. The smallest absolute Gasteiger partial charge is 0.245 e. The molecule has 1 aliphatic rings. The number of hydrogen-bond acceptors (Lipinski definition) is 7. The lowest BCUT2D eigenvalue weighted by Gasteiger charge is -2.15. The first-order valence-corrected chi connectivity index (χ1v) is 8.81. The number of rotatable bonds is 5. The van der Waals surface area contributed by atoms with Crippen LogP contribution in [0.2, 0.25) is 0 Å². The van der Waals surface area contributed by atoms with Gasteiger partial charge in [0, 0.05) is 17.2 Å². The number of nitrogens with zero attached hydrogens (tertiary/aromatic N) is 2. The zero-order chi connectivity index (χ0) is 18.8. The van der Waals surface area contributed by atoms with E-state index in [2.05, 4.69) is 21.0 Å². The van der Waals surface area contributed by atoms with Crippen LogP contribution < -0.4 is 20.3 Å². The number of nitrogens with one attached hydrogen (secondary N) is 2. The monoisotopic (exact) mass is 366 g/mol. The van der Waals surface area contributed by atoms with E-state index in [-0.39, 0.29) is 12.1 Å². The van der Waals surface area contributed by atoms with Gasteiger partial charge in [-0.1, -0.05) is 41.1 Å². The van der Waals surface area contributed by atoms with Crippen molar-refractivity contribution in [2.75, 3.05) is 14.2 Å². The molecule has 0 radical (unpaired) electrons. The number of aromatic nitrogens is 2. The summed E-state index contributed by atoms with van der Waals surface area (Å²) in [6.45, 7) is 2.05. The minimum Gasteiger partial charge on any atom is -0.497 e. The maximum Gasteiger partial charge on any atom is 0.245 e. The van der Waals surface area contributed by atoms with E-state index in [4.69, 9.17) is 14.0 Å². The van der Waals surface area contributed by atoms with Crippen LogP contribution in [-0.2, 0) is 0 Å². The maximum atomic E-state index is 5.51. The Morgan fingerprint density at radius 2 is 1.78 bits per heavy atom. The molecule has 1 saturated heterocycles. The number of aryl methyl sites for hydroxylation is 1. The topological polar surface area (TPSA) is 81.4 Å². The van der Waals surface area contributed by atoms with E-state index in [1.54, 1.807) is 14.2 Å². The summed E-state index contributed by atoms with van der Waals surface area (Å²) < 4.78 is 16.3. The summed E-state index contributed by atoms with van der Waals surface area (Å²) in [5.41, 5.74) is 9.72. The molecule has 3 aromatic rings. The molecule has 27 heavy (non-hydrogen) atoms. The summed E-state index contributed by atoms with van der Waals surface area (Å²) in [6, 6.07) is 13.9. The van der Waals surface area contributed by atoms with Gasteiger partial charge in [0.1, 0.15) is 17.5 Å². The fraction of sp³-hybridized carbons (Fsp3) is 0.300. The lowest BCUT2D eigenvalue weighted by atomic mass is 10.0. The van der Waals surface area contributed by atoms with Crippen LogP contribution in [0, 0.1) is 6.92 Å². The first kappa shape index (κ1) is 17.5. The Bertz CT molecular complexity index is 923. The van der Waals surface area contributed by atoms with Crippen LogP contribution in [0.3, 0.4) is 0 Å². The van der Waals surface area contributed by atoms with Crippen molar-refractivity contribution in [3.8, 4) is 22.9 Å². The largest absolute Gasteiger partial charge is 0.497 e. The van der Waals surface area contributed by atoms with Crippen LogP contribution in [0.15, 0.2) is 47.0 Å². The second-order valence-corrected chi connectivity index (χ2v) is 6.56. The van der Waals surface area contributed by atoms with E-state index in [1.807, 2.05) is 49.4 Å². The predicted octanol–water partition coefficient (Wildman–Crippen LogP) is 3.34. The van der Waals surface area contributed by atoms with Gasteiger partial charge in [-0.05, 0) is 19.4 Å². The average molecular weight is 366 g/mol. The van der Waals surface area contributed by atoms with Gasteiger partial charge in [-0.2, -0.15) is 4.98 Å². The van der Waals surface area contributed by atoms with Gasteiger partial charge in [0.05, 0.1) is 20.3 Å². The number of hydrogen-bond donors (Lipinski definition) is 2. The van der Waals surface area contributed by atoms with Crippen LogP contribution in [0.5, 0.6) is 11.5 Å². The van der Waals surface area contributed by atoms with Crippen molar-refractivity contribution in [2.24, 2.45) is 0 Å². The Labute approximate surface area is 157 Å². The van der Waals surface area contributed by atoms with Crippen LogP contribution in [0.25, 0.3) is 11.4 Å². The van der Waals surface area contributed by atoms with E-state index in [0.717, 1.165) is 29.0 Å². The van der Waals surface area contributed by atoms with E-state index < -0.39 is 0 Å².